The molecule has 0 saturated heterocycles. The average molecular weight is 459 g/mol. The van der Waals surface area contributed by atoms with Crippen molar-refractivity contribution in [3.05, 3.63) is 53.1 Å². The molecule has 0 saturated carbocycles. The largest absolute Gasteiger partial charge is 0.376 e. The lowest BCUT2D eigenvalue weighted by molar-refractivity contribution is 0.521. The highest BCUT2D eigenvalue weighted by molar-refractivity contribution is 5.96. The summed E-state index contributed by atoms with van der Waals surface area (Å²) in [6.07, 6.45) is 6.95. The fourth-order valence-electron chi connectivity index (χ4n) is 3.96. The van der Waals surface area contributed by atoms with Crippen LogP contribution in [0.5, 0.6) is 0 Å². The van der Waals surface area contributed by atoms with Gasteiger partial charge in [0.2, 0.25) is 0 Å². The van der Waals surface area contributed by atoms with E-state index in [0.717, 1.165) is 11.2 Å². The average Bonchev–Trinajstić information content (AvgIpc) is 3.39. The molecule has 5 heterocycles. The molecule has 0 aromatic carbocycles. The Kier molecular flexibility index (Phi) is 5.23. The number of aryl methyl sites for hydroxylation is 1. The van der Waals surface area contributed by atoms with E-state index in [1.54, 1.807) is 35.5 Å². The summed E-state index contributed by atoms with van der Waals surface area (Å²) in [7, 11) is 5.70. The summed E-state index contributed by atoms with van der Waals surface area (Å²) >= 11 is 0. The number of H-pyrrole nitrogens is 2. The lowest BCUT2D eigenvalue weighted by Gasteiger charge is -2.23. The molecular weight excluding hydrogens is 432 g/mol. The summed E-state index contributed by atoms with van der Waals surface area (Å²) in [5.74, 6) is 1.18. The molecule has 5 aromatic rings. The Hall–Kier alpha value is -4.28. The van der Waals surface area contributed by atoms with Gasteiger partial charge in [-0.05, 0) is 18.1 Å². The summed E-state index contributed by atoms with van der Waals surface area (Å²) in [6, 6.07) is 3.48. The van der Waals surface area contributed by atoms with E-state index in [4.69, 9.17) is 0 Å². The molecule has 34 heavy (non-hydrogen) atoms. The summed E-state index contributed by atoms with van der Waals surface area (Å²) in [6.45, 7) is 4.15. The topological polar surface area (TPSA) is 133 Å². The van der Waals surface area contributed by atoms with Crippen LogP contribution in [0.2, 0.25) is 0 Å². The Labute approximate surface area is 195 Å². The number of hydrogen-bond donors (Lipinski definition) is 3. The first-order chi connectivity index (χ1) is 16.3. The first kappa shape index (κ1) is 21.6. The van der Waals surface area contributed by atoms with Crippen LogP contribution in [0.15, 0.2) is 41.7 Å². The molecule has 11 nitrogen and oxygen atoms in total. The molecule has 5 rings (SSSR count). The van der Waals surface area contributed by atoms with Gasteiger partial charge in [0, 0.05) is 39.7 Å². The Morgan fingerprint density at radius 1 is 1.09 bits per heavy atom. The number of nitrogens with zero attached hydrogens (tertiary/aromatic N) is 7. The predicted octanol–water partition coefficient (Wildman–Crippen LogP) is 2.87. The maximum Gasteiger partial charge on any atom is 0.261 e. The number of anilines is 2. The van der Waals surface area contributed by atoms with Crippen molar-refractivity contribution in [1.29, 1.82) is 0 Å². The molecule has 0 fully saturated rings. The van der Waals surface area contributed by atoms with Crippen LogP contribution in [0, 0.1) is 5.92 Å². The highest BCUT2D eigenvalue weighted by Crippen LogP contribution is 2.34. The lowest BCUT2D eigenvalue weighted by atomic mass is 10.0. The maximum absolute atomic E-state index is 13.4. The van der Waals surface area contributed by atoms with E-state index in [9.17, 15) is 4.79 Å². The minimum atomic E-state index is -0.286. The molecule has 174 valence electrons. The van der Waals surface area contributed by atoms with Gasteiger partial charge in [-0.2, -0.15) is 5.10 Å². The van der Waals surface area contributed by atoms with E-state index in [1.165, 1.54) is 0 Å². The number of fused-ring (bicyclic) bond motifs is 2. The second-order valence-electron chi connectivity index (χ2n) is 8.79. The molecule has 0 spiro atoms. The third-order valence-corrected chi connectivity index (χ3v) is 5.70. The predicted molar refractivity (Wildman–Crippen MR) is 132 cm³/mol. The van der Waals surface area contributed by atoms with Crippen LogP contribution in [-0.2, 0) is 7.05 Å². The van der Waals surface area contributed by atoms with Gasteiger partial charge in [0.15, 0.2) is 11.5 Å². The Balaban J connectivity index is 1.72. The van der Waals surface area contributed by atoms with Crippen molar-refractivity contribution in [2.45, 2.75) is 19.9 Å². The zero-order valence-electron chi connectivity index (χ0n) is 19.7. The summed E-state index contributed by atoms with van der Waals surface area (Å²) in [4.78, 5) is 39.5. The van der Waals surface area contributed by atoms with Crippen LogP contribution in [-0.4, -0.2) is 53.8 Å². The van der Waals surface area contributed by atoms with Crippen LogP contribution in [0.1, 0.15) is 25.7 Å². The Bertz CT molecular complexity index is 1530. The molecule has 0 bridgehead atoms. The second kappa shape index (κ2) is 8.25. The van der Waals surface area contributed by atoms with Crippen LogP contribution in [0.25, 0.3) is 33.6 Å². The van der Waals surface area contributed by atoms with Gasteiger partial charge in [0.25, 0.3) is 5.56 Å². The number of aromatic amines is 2. The Morgan fingerprint density at radius 2 is 1.85 bits per heavy atom. The summed E-state index contributed by atoms with van der Waals surface area (Å²) in [5, 5.41) is 8.14. The molecule has 0 aliphatic rings. The molecular formula is C23H26N10O. The first-order valence-electron chi connectivity index (χ1n) is 11.0. The third-order valence-electron chi connectivity index (χ3n) is 5.70. The van der Waals surface area contributed by atoms with Gasteiger partial charge < -0.3 is 20.2 Å². The number of imidazole rings is 1. The molecule has 1 unspecified atom stereocenters. The third kappa shape index (κ3) is 3.74. The monoisotopic (exact) mass is 458 g/mol. The van der Waals surface area contributed by atoms with Gasteiger partial charge in [-0.3, -0.25) is 9.48 Å². The van der Waals surface area contributed by atoms with E-state index in [1.807, 2.05) is 32.1 Å². The van der Waals surface area contributed by atoms with Crippen molar-refractivity contribution in [3.63, 3.8) is 0 Å². The molecule has 5 aromatic heterocycles. The Morgan fingerprint density at radius 3 is 2.56 bits per heavy atom. The normalized spacial score (nSPS) is 12.5. The fourth-order valence-corrected chi connectivity index (χ4v) is 3.96. The molecule has 0 amide bonds. The number of pyridine rings is 2. The first-order valence-corrected chi connectivity index (χ1v) is 11.0. The molecule has 11 heteroatoms. The van der Waals surface area contributed by atoms with E-state index in [-0.39, 0.29) is 17.5 Å². The fraction of sp³-hybridized carbons (Fsp3) is 0.304. The highest BCUT2D eigenvalue weighted by atomic mass is 16.1. The number of aromatic nitrogens is 8. The van der Waals surface area contributed by atoms with Crippen molar-refractivity contribution in [3.8, 4) is 11.4 Å². The van der Waals surface area contributed by atoms with Gasteiger partial charge in [-0.15, -0.1) is 0 Å². The maximum atomic E-state index is 13.4. The van der Waals surface area contributed by atoms with Crippen molar-refractivity contribution in [2.75, 3.05) is 24.3 Å². The van der Waals surface area contributed by atoms with Crippen molar-refractivity contribution >= 4 is 33.6 Å². The SMILES string of the molecule is CC(C)C(Nc1c(-c2nc3ncc(N(C)C)cc3[nH]2)c(=O)[nH]c2cn(C)nc12)c1ncccn1. The summed E-state index contributed by atoms with van der Waals surface area (Å²) < 4.78 is 1.67. The van der Waals surface area contributed by atoms with Crippen molar-refractivity contribution < 1.29 is 0 Å². The van der Waals surface area contributed by atoms with Gasteiger partial charge in [-0.25, -0.2) is 19.9 Å². The molecule has 1 atom stereocenters. The van der Waals surface area contributed by atoms with Gasteiger partial charge in [-0.1, -0.05) is 13.8 Å². The van der Waals surface area contributed by atoms with Crippen LogP contribution >= 0.6 is 0 Å². The van der Waals surface area contributed by atoms with Gasteiger partial charge >= 0.3 is 0 Å². The van der Waals surface area contributed by atoms with E-state index >= 15 is 0 Å². The summed E-state index contributed by atoms with van der Waals surface area (Å²) in [5.41, 5.74) is 4.08. The minimum Gasteiger partial charge on any atom is -0.376 e. The minimum absolute atomic E-state index is 0.133. The van der Waals surface area contributed by atoms with Crippen LogP contribution in [0.3, 0.4) is 0 Å². The van der Waals surface area contributed by atoms with Gasteiger partial charge in [0.05, 0.1) is 34.6 Å². The van der Waals surface area contributed by atoms with Crippen molar-refractivity contribution in [2.24, 2.45) is 13.0 Å². The molecule has 3 N–H and O–H groups in total. The highest BCUT2D eigenvalue weighted by Gasteiger charge is 2.26. The standard InChI is InChI=1S/C23H26N10O/c1-12(2)17(22-24-7-6-8-25-22)29-19-16(23(34)28-15-11-33(5)31-18(15)19)21-27-14-9-13(32(3)4)10-26-20(14)30-21/h6-12,17,29H,1-5H3,(H,28,34)(H,26,27,30). The van der Waals surface area contributed by atoms with E-state index < -0.39 is 0 Å². The quantitative estimate of drug-likeness (QED) is 0.354. The van der Waals surface area contributed by atoms with E-state index in [0.29, 0.717) is 39.6 Å². The zero-order valence-corrected chi connectivity index (χ0v) is 19.7. The zero-order chi connectivity index (χ0) is 24.0. The molecule has 0 radical (unpaired) electrons. The van der Waals surface area contributed by atoms with Crippen LogP contribution in [0.4, 0.5) is 11.4 Å². The van der Waals surface area contributed by atoms with E-state index in [2.05, 4.69) is 54.2 Å². The van der Waals surface area contributed by atoms with Crippen LogP contribution < -0.4 is 15.8 Å². The number of hydrogen-bond acceptors (Lipinski definition) is 8. The number of rotatable bonds is 6. The lowest BCUT2D eigenvalue weighted by Crippen LogP contribution is -2.22. The van der Waals surface area contributed by atoms with Crippen molar-refractivity contribution in [1.82, 2.24) is 39.7 Å². The molecule has 0 aliphatic carbocycles. The molecule has 0 aliphatic heterocycles. The van der Waals surface area contributed by atoms with Gasteiger partial charge in [0.1, 0.15) is 16.9 Å². The number of nitrogens with one attached hydrogen (secondary N) is 3. The smallest absolute Gasteiger partial charge is 0.261 e. The second-order valence-corrected chi connectivity index (χ2v) is 8.79.